The Balaban J connectivity index is 1.86. The molecule has 0 atom stereocenters. The van der Waals surface area contributed by atoms with Gasteiger partial charge in [0.2, 0.25) is 0 Å². The van der Waals surface area contributed by atoms with E-state index in [0.29, 0.717) is 0 Å². The minimum absolute atomic E-state index is 0.206. The summed E-state index contributed by atoms with van der Waals surface area (Å²) in [7, 11) is -1.38. The van der Waals surface area contributed by atoms with Crippen molar-refractivity contribution >= 4 is 55.9 Å². The summed E-state index contributed by atoms with van der Waals surface area (Å²) in [5.74, 6) is 0. The third-order valence-corrected chi connectivity index (χ3v) is 35.7. The van der Waals surface area contributed by atoms with E-state index in [1.165, 1.54) is 128 Å². The second-order valence-corrected chi connectivity index (χ2v) is 34.3. The maximum Gasteiger partial charge on any atom is 0.116 e. The summed E-state index contributed by atoms with van der Waals surface area (Å²) in [6, 6.07) is 11.0. The van der Waals surface area contributed by atoms with Gasteiger partial charge in [0.15, 0.2) is 0 Å². The molecule has 0 spiro atoms. The van der Waals surface area contributed by atoms with Crippen molar-refractivity contribution < 1.29 is 0 Å². The molecule has 0 N–H and O–H groups in total. The zero-order valence-electron chi connectivity index (χ0n) is 44.3. The Kier molecular flexibility index (Phi) is 14.7. The first-order valence-corrected chi connectivity index (χ1v) is 34.7. The summed E-state index contributed by atoms with van der Waals surface area (Å²) in [5, 5.41) is 6.35. The predicted octanol–water partition coefficient (Wildman–Crippen LogP) is 16.8. The van der Waals surface area contributed by atoms with Crippen LogP contribution < -0.4 is 14.9 Å². The molecule has 0 nitrogen and oxygen atoms in total. The zero-order valence-corrected chi connectivity index (χ0v) is 48.7. The van der Waals surface area contributed by atoms with E-state index in [-0.39, 0.29) is 43.3 Å². The minimum Gasteiger partial charge on any atom is -0.150 e. The van der Waals surface area contributed by atoms with Crippen molar-refractivity contribution in [2.24, 2.45) is 0 Å². The lowest BCUT2D eigenvalue weighted by Gasteiger charge is -2.38. The smallest absolute Gasteiger partial charge is 0.116 e. The van der Waals surface area contributed by atoms with Crippen LogP contribution in [0.15, 0.2) is 29.6 Å². The molecule has 0 saturated heterocycles. The molecule has 0 bridgehead atoms. The lowest BCUT2D eigenvalue weighted by atomic mass is 9.70. The standard InChI is InChI=1S/C60H93BrSSi2/c1-17-53(18-2)38-57(25-9,26-10)47-42(53)36-43-48(58(27-11,28-12)39-54(43,19-3)20-4)51(47)63(46-34-33-35-62-46)64(61)52-49-44(55(21-5,22-6)40-59(49,29-13)30-14)37-45-50(52)60(31-15,32-16)41-56(45,23-7)24-8/h33-37H,17-32,38-41H2,1-16H3/b64-63-. The SMILES string of the molecule is CCC1(CC)CC(CC)(CC)c2c1cc1c(c2/[Si](Br)=[Si](\c2cccs2)c2c3c(cc4c2C(CC)(CC)CC4(CC)CC)C(CC)(CC)CC3(CC)CC)C(CC)(CC)CC1(CC)CC. The average molecular weight is 983 g/mol. The van der Waals surface area contributed by atoms with Crippen LogP contribution in [0.2, 0.25) is 0 Å². The molecule has 1 aromatic heterocycles. The van der Waals surface area contributed by atoms with Crippen molar-refractivity contribution in [1.29, 1.82) is 0 Å². The molecule has 4 heteroatoms. The van der Waals surface area contributed by atoms with E-state index in [2.05, 4.69) is 152 Å². The molecule has 0 unspecified atom stereocenters. The van der Waals surface area contributed by atoms with Gasteiger partial charge in [-0.05, 0) is 238 Å². The third-order valence-electron chi connectivity index (χ3n) is 22.1. The summed E-state index contributed by atoms with van der Waals surface area (Å²) >= 11 is 7.40. The number of halogens is 1. The van der Waals surface area contributed by atoms with E-state index in [9.17, 15) is 0 Å². The fourth-order valence-electron chi connectivity index (χ4n) is 16.9. The predicted molar refractivity (Wildman–Crippen MR) is 293 cm³/mol. The van der Waals surface area contributed by atoms with E-state index in [0.717, 1.165) is 0 Å². The Morgan fingerprint density at radius 2 is 0.641 bits per heavy atom. The molecular formula is C60H93BrSSi2. The van der Waals surface area contributed by atoms with Gasteiger partial charge in [-0.25, -0.2) is 0 Å². The highest BCUT2D eigenvalue weighted by molar-refractivity contribution is 9.25. The third kappa shape index (κ3) is 6.64. The molecule has 3 aromatic rings. The molecule has 7 rings (SSSR count). The molecule has 0 aliphatic heterocycles. The lowest BCUT2D eigenvalue weighted by Crippen LogP contribution is -2.52. The van der Waals surface area contributed by atoms with Crippen LogP contribution in [-0.4, -0.2) is 14.4 Å². The molecule has 354 valence electrons. The lowest BCUT2D eigenvalue weighted by molar-refractivity contribution is 0.278. The van der Waals surface area contributed by atoms with Gasteiger partial charge in [-0.2, -0.15) is 0 Å². The largest absolute Gasteiger partial charge is 0.150 e. The van der Waals surface area contributed by atoms with Crippen molar-refractivity contribution in [1.82, 2.24) is 0 Å². The van der Waals surface area contributed by atoms with Crippen LogP contribution in [0, 0.1) is 0 Å². The Morgan fingerprint density at radius 3 is 0.859 bits per heavy atom. The maximum atomic E-state index is 5.26. The van der Waals surface area contributed by atoms with Gasteiger partial charge in [0.25, 0.3) is 0 Å². The van der Waals surface area contributed by atoms with Crippen LogP contribution in [0.3, 0.4) is 0 Å². The highest BCUT2D eigenvalue weighted by Gasteiger charge is 2.59. The van der Waals surface area contributed by atoms with Gasteiger partial charge in [0.1, 0.15) is 6.51 Å². The van der Waals surface area contributed by atoms with E-state index in [1.807, 2.05) is 54.9 Å². The number of hydrogen-bond acceptors (Lipinski definition) is 1. The van der Waals surface area contributed by atoms with Gasteiger partial charge >= 0.3 is 0 Å². The van der Waals surface area contributed by atoms with Crippen LogP contribution in [0.25, 0.3) is 0 Å². The first kappa shape index (κ1) is 50.9. The number of rotatable bonds is 19. The number of fused-ring (bicyclic) bond motifs is 4. The Bertz CT molecular complexity index is 2070. The Morgan fingerprint density at radius 1 is 0.391 bits per heavy atom. The van der Waals surface area contributed by atoms with Crippen molar-refractivity contribution in [3.63, 3.8) is 0 Å². The van der Waals surface area contributed by atoms with Gasteiger partial charge in [0.05, 0.1) is 7.89 Å². The Hall–Kier alpha value is -0.946. The van der Waals surface area contributed by atoms with Gasteiger partial charge in [-0.1, -0.05) is 144 Å². The maximum absolute atomic E-state index is 5.26. The van der Waals surface area contributed by atoms with E-state index < -0.39 is 14.4 Å². The molecular weight excluding hydrogens is 889 g/mol. The number of hydrogen-bond donors (Lipinski definition) is 0. The van der Waals surface area contributed by atoms with Gasteiger partial charge in [0, 0.05) is 4.50 Å². The van der Waals surface area contributed by atoms with Crippen LogP contribution in [0.5, 0.6) is 0 Å². The summed E-state index contributed by atoms with van der Waals surface area (Å²) in [6.07, 6.45) is 25.3. The van der Waals surface area contributed by atoms with E-state index in [4.69, 9.17) is 15.3 Å². The monoisotopic (exact) mass is 981 g/mol. The van der Waals surface area contributed by atoms with Crippen molar-refractivity contribution in [3.05, 3.63) is 74.2 Å². The molecule has 0 saturated carbocycles. The fourth-order valence-corrected chi connectivity index (χ4v) is 33.4. The zero-order chi connectivity index (χ0) is 46.9. The molecule has 64 heavy (non-hydrogen) atoms. The Labute approximate surface area is 409 Å². The first-order chi connectivity index (χ1) is 30.6. The molecule has 2 aromatic carbocycles. The molecule has 0 fully saturated rings. The molecule has 1 heterocycles. The average Bonchev–Trinajstić information content (AvgIpc) is 4.16. The van der Waals surface area contributed by atoms with E-state index in [1.54, 1.807) is 4.50 Å². The van der Waals surface area contributed by atoms with Crippen molar-refractivity contribution in [2.45, 2.75) is 283 Å². The molecule has 0 radical (unpaired) electrons. The van der Waals surface area contributed by atoms with Crippen molar-refractivity contribution in [3.8, 4) is 0 Å². The number of thiophene rings is 1. The second kappa shape index (κ2) is 18.4. The molecule has 4 aliphatic carbocycles. The van der Waals surface area contributed by atoms with Crippen molar-refractivity contribution in [2.75, 3.05) is 0 Å². The highest BCUT2D eigenvalue weighted by atomic mass is 79.9. The first-order valence-electron chi connectivity index (χ1n) is 27.5. The summed E-state index contributed by atoms with van der Waals surface area (Å²) in [4.78, 5) is 0. The fraction of sp³-hybridized carbons (Fsp3) is 0.733. The van der Waals surface area contributed by atoms with E-state index >= 15 is 0 Å². The van der Waals surface area contributed by atoms with Crippen LogP contribution >= 0.6 is 26.6 Å². The second-order valence-electron chi connectivity index (χ2n) is 22.5. The topological polar surface area (TPSA) is 0 Å². The highest BCUT2D eigenvalue weighted by Crippen LogP contribution is 2.64. The molecule has 0 amide bonds. The van der Waals surface area contributed by atoms with Gasteiger partial charge < -0.3 is 0 Å². The van der Waals surface area contributed by atoms with Crippen LogP contribution in [0.4, 0.5) is 0 Å². The summed E-state index contributed by atoms with van der Waals surface area (Å²) < 4.78 is 1.73. The quantitative estimate of drug-likeness (QED) is 0.0829. The minimum atomic E-state index is -1.39. The van der Waals surface area contributed by atoms with Gasteiger partial charge in [-0.15, -0.1) is 11.3 Å². The summed E-state index contributed by atoms with van der Waals surface area (Å²) in [5.41, 5.74) is 16.6. The van der Waals surface area contributed by atoms with Gasteiger partial charge in [-0.3, -0.25) is 0 Å². The van der Waals surface area contributed by atoms with Crippen LogP contribution in [0.1, 0.15) is 284 Å². The molecule has 4 aliphatic rings. The van der Waals surface area contributed by atoms with Crippen LogP contribution in [-0.2, 0) is 43.3 Å². The normalized spacial score (nSPS) is 22.3. The number of benzene rings is 2. The summed E-state index contributed by atoms with van der Waals surface area (Å²) in [6.45, 7) is 39.8.